The minimum Gasteiger partial charge on any atom is -0.504 e. The molecule has 0 aromatic heterocycles. The molecule has 0 bridgehead atoms. The van der Waals surface area contributed by atoms with Gasteiger partial charge in [-0.25, -0.2) is 4.79 Å². The number of methoxy groups -OCH3 is 2. The van der Waals surface area contributed by atoms with Crippen LogP contribution in [0.5, 0.6) is 11.5 Å². The number of benzene rings is 1. The Morgan fingerprint density at radius 3 is 2.51 bits per heavy atom. The summed E-state index contributed by atoms with van der Waals surface area (Å²) in [6.45, 7) is -1.11. The predicted octanol–water partition coefficient (Wildman–Crippen LogP) is -1.43. The number of aromatic hydroxyl groups is 2. The van der Waals surface area contributed by atoms with Gasteiger partial charge in [-0.3, -0.25) is 0 Å². The van der Waals surface area contributed by atoms with Crippen LogP contribution in [0.3, 0.4) is 0 Å². The molecule has 35 heavy (non-hydrogen) atoms. The van der Waals surface area contributed by atoms with Crippen molar-refractivity contribution < 1.29 is 63.9 Å². The van der Waals surface area contributed by atoms with Crippen LogP contribution >= 0.6 is 0 Å². The van der Waals surface area contributed by atoms with E-state index in [1.807, 2.05) is 0 Å². The number of hydrogen-bond donors (Lipinski definition) is 6. The molecule has 196 valence electrons. The van der Waals surface area contributed by atoms with E-state index < -0.39 is 68.1 Å². The lowest BCUT2D eigenvalue weighted by atomic mass is 9.98. The lowest BCUT2D eigenvalue weighted by Crippen LogP contribution is -2.61. The number of rotatable bonds is 9. The zero-order valence-corrected chi connectivity index (χ0v) is 19.1. The van der Waals surface area contributed by atoms with E-state index in [2.05, 4.69) is 0 Å². The first kappa shape index (κ1) is 27.3. The summed E-state index contributed by atoms with van der Waals surface area (Å²) in [5.41, 5.74) is -1.27. The van der Waals surface area contributed by atoms with Crippen molar-refractivity contribution in [1.29, 1.82) is 0 Å². The third-order valence-electron chi connectivity index (χ3n) is 5.69. The molecule has 0 saturated carbocycles. The Kier molecular flexibility index (Phi) is 9.04. The van der Waals surface area contributed by atoms with E-state index in [0.717, 1.165) is 6.08 Å². The van der Waals surface area contributed by atoms with Crippen LogP contribution in [-0.2, 0) is 33.2 Å². The average Bonchev–Trinajstić information content (AvgIpc) is 3.18. The van der Waals surface area contributed by atoms with E-state index in [9.17, 15) is 35.4 Å². The van der Waals surface area contributed by atoms with E-state index in [0.29, 0.717) is 5.56 Å². The molecule has 13 nitrogen and oxygen atoms in total. The Morgan fingerprint density at radius 2 is 1.89 bits per heavy atom. The Balaban J connectivity index is 1.61. The minimum absolute atomic E-state index is 0.00217. The van der Waals surface area contributed by atoms with Crippen molar-refractivity contribution in [2.45, 2.75) is 55.3 Å². The average molecular weight is 502 g/mol. The standard InChI is InChI=1S/C22H30O13/c1-30-16-8-22(29,21(31-2)35-16)10-32-20-18(28)17(27)19(14(9-23)33-20)34-15(26)6-4-11-3-5-12(24)13(25)7-11/h3-7,14,16-21,23-25,27-29H,8-10H2,1-2H3/b6-4+/t14-,16+,17-,18-,19+,20-,21-,22+/m1/s1. The summed E-state index contributed by atoms with van der Waals surface area (Å²) in [7, 11) is 2.72. The number of phenols is 2. The summed E-state index contributed by atoms with van der Waals surface area (Å²) < 4.78 is 31.7. The molecule has 2 aliphatic rings. The van der Waals surface area contributed by atoms with Crippen LogP contribution < -0.4 is 0 Å². The molecule has 2 aliphatic heterocycles. The molecular weight excluding hydrogens is 472 g/mol. The third-order valence-corrected chi connectivity index (χ3v) is 5.69. The minimum atomic E-state index is -1.70. The molecule has 0 spiro atoms. The highest BCUT2D eigenvalue weighted by Gasteiger charge is 2.51. The monoisotopic (exact) mass is 502 g/mol. The first-order valence-electron chi connectivity index (χ1n) is 10.7. The molecule has 2 fully saturated rings. The maximum Gasteiger partial charge on any atom is 0.331 e. The van der Waals surface area contributed by atoms with Crippen molar-refractivity contribution in [3.05, 3.63) is 29.8 Å². The van der Waals surface area contributed by atoms with Crippen LogP contribution in [0, 0.1) is 0 Å². The highest BCUT2D eigenvalue weighted by atomic mass is 16.8. The number of phenolic OH excluding ortho intramolecular Hbond substituents is 2. The van der Waals surface area contributed by atoms with Crippen molar-refractivity contribution in [1.82, 2.24) is 0 Å². The van der Waals surface area contributed by atoms with Crippen LogP contribution in [0.25, 0.3) is 6.08 Å². The second-order valence-corrected chi connectivity index (χ2v) is 8.18. The molecule has 8 atom stereocenters. The maximum absolute atomic E-state index is 12.2. The Bertz CT molecular complexity index is 890. The third kappa shape index (κ3) is 6.27. The fourth-order valence-electron chi connectivity index (χ4n) is 3.78. The summed E-state index contributed by atoms with van der Waals surface area (Å²) in [6, 6.07) is 3.88. The smallest absolute Gasteiger partial charge is 0.331 e. The fraction of sp³-hybridized carbons (Fsp3) is 0.591. The molecule has 1 aromatic rings. The Hall–Kier alpha value is -2.33. The van der Waals surface area contributed by atoms with Gasteiger partial charge in [-0.15, -0.1) is 0 Å². The molecule has 3 rings (SSSR count). The highest BCUT2D eigenvalue weighted by molar-refractivity contribution is 5.87. The van der Waals surface area contributed by atoms with Crippen LogP contribution in [0.1, 0.15) is 12.0 Å². The summed E-state index contributed by atoms with van der Waals surface area (Å²) >= 11 is 0. The summed E-state index contributed by atoms with van der Waals surface area (Å²) in [5.74, 6) is -1.64. The van der Waals surface area contributed by atoms with E-state index >= 15 is 0 Å². The van der Waals surface area contributed by atoms with Gasteiger partial charge >= 0.3 is 5.97 Å². The van der Waals surface area contributed by atoms with Crippen molar-refractivity contribution in [2.75, 3.05) is 27.4 Å². The first-order chi connectivity index (χ1) is 16.6. The van der Waals surface area contributed by atoms with Gasteiger partial charge in [-0.1, -0.05) is 6.07 Å². The number of esters is 1. The number of aliphatic hydroxyl groups is 4. The lowest BCUT2D eigenvalue weighted by Gasteiger charge is -2.42. The van der Waals surface area contributed by atoms with E-state index in [4.69, 9.17) is 28.4 Å². The largest absolute Gasteiger partial charge is 0.504 e. The van der Waals surface area contributed by atoms with Crippen molar-refractivity contribution in [3.63, 3.8) is 0 Å². The summed E-state index contributed by atoms with van der Waals surface area (Å²) in [4.78, 5) is 12.2. The van der Waals surface area contributed by atoms with Crippen molar-refractivity contribution in [2.24, 2.45) is 0 Å². The zero-order chi connectivity index (χ0) is 25.8. The first-order valence-corrected chi connectivity index (χ1v) is 10.7. The van der Waals surface area contributed by atoms with E-state index in [1.54, 1.807) is 0 Å². The summed E-state index contributed by atoms with van der Waals surface area (Å²) in [6.07, 6.45) is -7.11. The van der Waals surface area contributed by atoms with Gasteiger partial charge in [-0.2, -0.15) is 0 Å². The summed E-state index contributed by atoms with van der Waals surface area (Å²) in [5, 5.41) is 60.3. The van der Waals surface area contributed by atoms with Gasteiger partial charge in [0.2, 0.25) is 0 Å². The molecule has 0 aliphatic carbocycles. The van der Waals surface area contributed by atoms with Crippen LogP contribution in [0.2, 0.25) is 0 Å². The fourth-order valence-corrected chi connectivity index (χ4v) is 3.78. The van der Waals surface area contributed by atoms with Gasteiger partial charge in [0.15, 0.2) is 36.5 Å². The molecular formula is C22H30O13. The van der Waals surface area contributed by atoms with Gasteiger partial charge in [0.25, 0.3) is 0 Å². The van der Waals surface area contributed by atoms with Gasteiger partial charge < -0.3 is 59.1 Å². The number of aliphatic hydroxyl groups excluding tert-OH is 3. The van der Waals surface area contributed by atoms with Gasteiger partial charge in [0, 0.05) is 26.7 Å². The second kappa shape index (κ2) is 11.6. The molecule has 0 radical (unpaired) electrons. The van der Waals surface area contributed by atoms with Gasteiger partial charge in [0.1, 0.15) is 23.9 Å². The Morgan fingerprint density at radius 1 is 1.14 bits per heavy atom. The van der Waals surface area contributed by atoms with Crippen LogP contribution in [0.15, 0.2) is 24.3 Å². The Labute approximate surface area is 200 Å². The van der Waals surface area contributed by atoms with Crippen molar-refractivity contribution >= 4 is 12.0 Å². The van der Waals surface area contributed by atoms with Gasteiger partial charge in [-0.05, 0) is 23.8 Å². The quantitative estimate of drug-likeness (QED) is 0.131. The molecule has 2 heterocycles. The molecule has 6 N–H and O–H groups in total. The number of carbonyl (C=O) groups is 1. The molecule has 0 unspecified atom stereocenters. The molecule has 2 saturated heterocycles. The lowest BCUT2D eigenvalue weighted by molar-refractivity contribution is -0.316. The zero-order valence-electron chi connectivity index (χ0n) is 19.1. The molecule has 1 aromatic carbocycles. The SMILES string of the molecule is CO[C@@H]1C[C@](O)(CO[C@@H]2O[C@H](CO)[C@H](OC(=O)/C=C/c3ccc(O)c(O)c3)[C@H](O)[C@H]2O)[C@H](OC)O1. The molecule has 13 heteroatoms. The predicted molar refractivity (Wildman–Crippen MR) is 115 cm³/mol. The van der Waals surface area contributed by atoms with E-state index in [1.165, 1.54) is 38.5 Å². The highest BCUT2D eigenvalue weighted by Crippen LogP contribution is 2.33. The van der Waals surface area contributed by atoms with Crippen molar-refractivity contribution in [3.8, 4) is 11.5 Å². The van der Waals surface area contributed by atoms with Crippen LogP contribution in [-0.4, -0.2) is 113 Å². The van der Waals surface area contributed by atoms with Gasteiger partial charge in [0.05, 0.1) is 13.2 Å². The number of carbonyl (C=O) groups excluding carboxylic acids is 1. The van der Waals surface area contributed by atoms with E-state index in [-0.39, 0.29) is 17.9 Å². The van der Waals surface area contributed by atoms with Crippen LogP contribution in [0.4, 0.5) is 0 Å². The molecule has 0 amide bonds. The number of hydrogen-bond acceptors (Lipinski definition) is 13. The maximum atomic E-state index is 12.2. The normalized spacial score (nSPS) is 35.4. The topological polar surface area (TPSA) is 194 Å². The second-order valence-electron chi connectivity index (χ2n) is 8.18. The number of ether oxygens (including phenoxy) is 6.